The molecule has 0 saturated carbocycles. The van der Waals surface area contributed by atoms with Gasteiger partial charge in [-0.3, -0.25) is 14.7 Å². The smallest absolute Gasteiger partial charge is 0.239 e. The summed E-state index contributed by atoms with van der Waals surface area (Å²) in [6.07, 6.45) is 4.07. The predicted molar refractivity (Wildman–Crippen MR) is 78.2 cm³/mol. The number of likely N-dealkylation sites (tertiary alicyclic amines) is 2. The van der Waals surface area contributed by atoms with Crippen LogP contribution in [0.25, 0.3) is 0 Å². The molecule has 0 unspecified atom stereocenters. The summed E-state index contributed by atoms with van der Waals surface area (Å²) in [5.41, 5.74) is 2.32. The number of aryl methyl sites for hydroxylation is 1. The molecule has 4 heteroatoms. The molecule has 0 radical (unpaired) electrons. The molecule has 2 saturated heterocycles. The lowest BCUT2D eigenvalue weighted by Crippen LogP contribution is -2.58. The zero-order chi connectivity index (χ0) is 14.1. The van der Waals surface area contributed by atoms with Gasteiger partial charge in [-0.2, -0.15) is 0 Å². The molecule has 20 heavy (non-hydrogen) atoms. The number of carbonyl (C=O) groups excluding carboxylic acids is 1. The monoisotopic (exact) mass is 273 g/mol. The first-order valence-corrected chi connectivity index (χ1v) is 7.62. The van der Waals surface area contributed by atoms with Crippen molar-refractivity contribution >= 4 is 5.91 Å². The lowest BCUT2D eigenvalue weighted by atomic mass is 9.85. The van der Waals surface area contributed by atoms with Gasteiger partial charge in [-0.25, -0.2) is 0 Å². The molecule has 108 valence electrons. The Hall–Kier alpha value is -1.42. The highest BCUT2D eigenvalue weighted by Crippen LogP contribution is 2.30. The maximum atomic E-state index is 12.5. The number of nitrogens with zero attached hydrogens (tertiary/aromatic N) is 3. The summed E-state index contributed by atoms with van der Waals surface area (Å²) >= 11 is 0. The van der Waals surface area contributed by atoms with Gasteiger partial charge in [-0.1, -0.05) is 6.07 Å². The molecule has 3 rings (SSSR count). The van der Waals surface area contributed by atoms with E-state index >= 15 is 0 Å². The Kier molecular flexibility index (Phi) is 3.74. The van der Waals surface area contributed by atoms with Crippen LogP contribution in [0.15, 0.2) is 18.3 Å². The molecule has 2 aliphatic heterocycles. The first kappa shape index (κ1) is 13.6. The first-order chi connectivity index (χ1) is 9.69. The average molecular weight is 273 g/mol. The highest BCUT2D eigenvalue weighted by molar-refractivity contribution is 5.83. The van der Waals surface area contributed by atoms with Crippen LogP contribution in [0.1, 0.15) is 31.0 Å². The number of hydrogen-bond donors (Lipinski definition) is 0. The second-order valence-corrected chi connectivity index (χ2v) is 6.02. The Morgan fingerprint density at radius 3 is 3.05 bits per heavy atom. The van der Waals surface area contributed by atoms with Gasteiger partial charge in [0.05, 0.1) is 11.7 Å². The number of pyridine rings is 1. The average Bonchev–Trinajstić information content (AvgIpc) is 2.47. The lowest BCUT2D eigenvalue weighted by molar-refractivity contribution is -0.145. The minimum atomic E-state index is 0.0730. The third-order valence-corrected chi connectivity index (χ3v) is 4.75. The van der Waals surface area contributed by atoms with Gasteiger partial charge in [0.15, 0.2) is 0 Å². The van der Waals surface area contributed by atoms with Crippen LogP contribution in [0.5, 0.6) is 0 Å². The van der Waals surface area contributed by atoms with E-state index in [9.17, 15) is 4.79 Å². The fraction of sp³-hybridized carbons (Fsp3) is 0.625. The van der Waals surface area contributed by atoms with Crippen LogP contribution in [-0.4, -0.2) is 46.4 Å². The molecule has 1 amide bonds. The van der Waals surface area contributed by atoms with Crippen molar-refractivity contribution in [2.75, 3.05) is 19.6 Å². The van der Waals surface area contributed by atoms with Crippen molar-refractivity contribution < 1.29 is 4.79 Å². The number of likely N-dealkylation sites (N-methyl/N-ethyl adjacent to an activating group) is 1. The Morgan fingerprint density at radius 1 is 1.45 bits per heavy atom. The molecule has 1 aromatic heterocycles. The van der Waals surface area contributed by atoms with Gasteiger partial charge >= 0.3 is 0 Å². The number of piperidine rings is 2. The minimum Gasteiger partial charge on any atom is -0.341 e. The van der Waals surface area contributed by atoms with Crippen molar-refractivity contribution in [1.29, 1.82) is 0 Å². The quantitative estimate of drug-likeness (QED) is 0.843. The number of fused-ring (bicyclic) bond motifs is 2. The molecule has 4 nitrogen and oxygen atoms in total. The van der Waals surface area contributed by atoms with Gasteiger partial charge in [-0.15, -0.1) is 0 Å². The van der Waals surface area contributed by atoms with E-state index in [1.54, 1.807) is 0 Å². The molecule has 1 aromatic rings. The Bertz CT molecular complexity index is 502. The lowest BCUT2D eigenvalue weighted by Gasteiger charge is -2.46. The molecule has 2 aliphatic rings. The van der Waals surface area contributed by atoms with Crippen molar-refractivity contribution in [2.24, 2.45) is 5.92 Å². The van der Waals surface area contributed by atoms with E-state index in [-0.39, 0.29) is 6.04 Å². The molecule has 0 aromatic carbocycles. The molecule has 0 spiro atoms. The van der Waals surface area contributed by atoms with Crippen molar-refractivity contribution in [2.45, 2.75) is 39.3 Å². The van der Waals surface area contributed by atoms with Crippen LogP contribution in [0.3, 0.4) is 0 Å². The SMILES string of the molecule is CCN1C[C@H]2CCN(Cc3ncccc3C)[C@H](C2)C1=O. The maximum Gasteiger partial charge on any atom is 0.239 e. The van der Waals surface area contributed by atoms with E-state index < -0.39 is 0 Å². The van der Waals surface area contributed by atoms with Gasteiger partial charge in [0, 0.05) is 25.8 Å². The second kappa shape index (κ2) is 5.52. The molecule has 0 N–H and O–H groups in total. The Labute approximate surface area is 120 Å². The van der Waals surface area contributed by atoms with Crippen LogP contribution >= 0.6 is 0 Å². The zero-order valence-electron chi connectivity index (χ0n) is 12.4. The van der Waals surface area contributed by atoms with E-state index in [1.807, 2.05) is 17.2 Å². The van der Waals surface area contributed by atoms with E-state index in [0.29, 0.717) is 11.8 Å². The van der Waals surface area contributed by atoms with Crippen molar-refractivity contribution in [1.82, 2.24) is 14.8 Å². The fourth-order valence-electron chi connectivity index (χ4n) is 3.47. The van der Waals surface area contributed by atoms with E-state index in [1.165, 1.54) is 12.0 Å². The molecule has 2 atom stereocenters. The normalized spacial score (nSPS) is 26.9. The number of hydrogen-bond acceptors (Lipinski definition) is 3. The van der Waals surface area contributed by atoms with Crippen molar-refractivity contribution in [3.8, 4) is 0 Å². The Balaban J connectivity index is 1.77. The molecule has 2 bridgehead atoms. The number of carbonyl (C=O) groups is 1. The van der Waals surface area contributed by atoms with Gasteiger partial charge in [0.1, 0.15) is 0 Å². The summed E-state index contributed by atoms with van der Waals surface area (Å²) in [4.78, 5) is 21.3. The van der Waals surface area contributed by atoms with Crippen LogP contribution < -0.4 is 0 Å². The van der Waals surface area contributed by atoms with Gasteiger partial charge in [0.25, 0.3) is 0 Å². The van der Waals surface area contributed by atoms with Crippen LogP contribution in [0.2, 0.25) is 0 Å². The highest BCUT2D eigenvalue weighted by atomic mass is 16.2. The molecule has 0 aliphatic carbocycles. The summed E-state index contributed by atoms with van der Waals surface area (Å²) in [5, 5.41) is 0. The van der Waals surface area contributed by atoms with Gasteiger partial charge < -0.3 is 4.90 Å². The van der Waals surface area contributed by atoms with Gasteiger partial charge in [0.2, 0.25) is 5.91 Å². The summed E-state index contributed by atoms with van der Waals surface area (Å²) in [5.74, 6) is 1.01. The maximum absolute atomic E-state index is 12.5. The van der Waals surface area contributed by atoms with Crippen molar-refractivity contribution in [3.05, 3.63) is 29.6 Å². The standard InChI is InChI=1S/C16H23N3O/c1-3-18-10-13-6-8-19(15(9-13)16(18)20)11-14-12(2)5-4-7-17-14/h4-5,7,13,15H,3,6,8-11H2,1-2H3/t13-,15+/m0/s1. The second-order valence-electron chi connectivity index (χ2n) is 6.02. The summed E-state index contributed by atoms with van der Waals surface area (Å²) in [7, 11) is 0. The number of rotatable bonds is 3. The molecular weight excluding hydrogens is 250 g/mol. The fourth-order valence-corrected chi connectivity index (χ4v) is 3.47. The van der Waals surface area contributed by atoms with Crippen LogP contribution in [0.4, 0.5) is 0 Å². The highest BCUT2D eigenvalue weighted by Gasteiger charge is 2.40. The molecule has 3 heterocycles. The topological polar surface area (TPSA) is 36.4 Å². The van der Waals surface area contributed by atoms with E-state index in [0.717, 1.165) is 38.3 Å². The summed E-state index contributed by atoms with van der Waals surface area (Å²) in [6.45, 7) is 7.79. The zero-order valence-corrected chi connectivity index (χ0v) is 12.4. The van der Waals surface area contributed by atoms with E-state index in [2.05, 4.69) is 29.8 Å². The third-order valence-electron chi connectivity index (χ3n) is 4.75. The van der Waals surface area contributed by atoms with Crippen LogP contribution in [-0.2, 0) is 11.3 Å². The van der Waals surface area contributed by atoms with E-state index in [4.69, 9.17) is 0 Å². The number of amides is 1. The van der Waals surface area contributed by atoms with Crippen molar-refractivity contribution in [3.63, 3.8) is 0 Å². The Morgan fingerprint density at radius 2 is 2.30 bits per heavy atom. The first-order valence-electron chi connectivity index (χ1n) is 7.62. The molecular formula is C16H23N3O. The number of aromatic nitrogens is 1. The van der Waals surface area contributed by atoms with Gasteiger partial charge in [-0.05, 0) is 50.8 Å². The van der Waals surface area contributed by atoms with Crippen LogP contribution in [0, 0.1) is 12.8 Å². The minimum absolute atomic E-state index is 0.0730. The summed E-state index contributed by atoms with van der Waals surface area (Å²) in [6, 6.07) is 4.13. The summed E-state index contributed by atoms with van der Waals surface area (Å²) < 4.78 is 0. The largest absolute Gasteiger partial charge is 0.341 e. The predicted octanol–water partition coefficient (Wildman–Crippen LogP) is 1.83. The third kappa shape index (κ3) is 2.44. The molecule has 2 fully saturated rings.